The van der Waals surface area contributed by atoms with Crippen molar-refractivity contribution < 1.29 is 19.1 Å². The molecule has 0 unspecified atom stereocenters. The molecule has 1 aliphatic heterocycles. The van der Waals surface area contributed by atoms with Crippen LogP contribution in [0, 0.1) is 0 Å². The van der Waals surface area contributed by atoms with Crippen molar-refractivity contribution in [2.75, 3.05) is 33.3 Å². The Morgan fingerprint density at radius 3 is 2.24 bits per heavy atom. The molecule has 2 aromatic rings. The van der Waals surface area contributed by atoms with Crippen LogP contribution in [0.1, 0.15) is 33.2 Å². The molecule has 1 aromatic carbocycles. The van der Waals surface area contributed by atoms with E-state index in [1.54, 1.807) is 23.0 Å². The second kappa shape index (κ2) is 9.18. The molecule has 0 bridgehead atoms. The number of hydrogen-bond donors (Lipinski definition) is 1. The molecule has 1 aliphatic rings. The van der Waals surface area contributed by atoms with Gasteiger partial charge in [-0.2, -0.15) is 0 Å². The molecule has 29 heavy (non-hydrogen) atoms. The minimum atomic E-state index is -0.302. The first-order chi connectivity index (χ1) is 14.0. The molecular weight excluding hydrogens is 372 g/mol. The molecule has 1 saturated heterocycles. The quantitative estimate of drug-likeness (QED) is 0.823. The van der Waals surface area contributed by atoms with Gasteiger partial charge in [0.1, 0.15) is 5.75 Å². The number of carbonyl (C=O) groups excluding carboxylic acids is 3. The van der Waals surface area contributed by atoms with Gasteiger partial charge in [0.25, 0.3) is 11.8 Å². The first-order valence-corrected chi connectivity index (χ1v) is 9.39. The van der Waals surface area contributed by atoms with Crippen molar-refractivity contribution >= 4 is 17.7 Å². The lowest BCUT2D eigenvalue weighted by Gasteiger charge is -2.34. The highest BCUT2D eigenvalue weighted by atomic mass is 16.5. The van der Waals surface area contributed by atoms with Gasteiger partial charge >= 0.3 is 0 Å². The highest BCUT2D eigenvalue weighted by molar-refractivity contribution is 5.99. The van der Waals surface area contributed by atoms with E-state index in [4.69, 9.17) is 4.74 Å². The molecule has 8 heteroatoms. The van der Waals surface area contributed by atoms with E-state index >= 15 is 0 Å². The molecule has 0 spiro atoms. The Morgan fingerprint density at radius 2 is 1.62 bits per heavy atom. The van der Waals surface area contributed by atoms with Gasteiger partial charge in [0, 0.05) is 52.0 Å². The number of rotatable bonds is 5. The second-order valence-electron chi connectivity index (χ2n) is 6.79. The normalized spacial score (nSPS) is 13.7. The average molecular weight is 396 g/mol. The van der Waals surface area contributed by atoms with E-state index in [0.29, 0.717) is 43.9 Å². The van der Waals surface area contributed by atoms with Crippen LogP contribution < -0.4 is 10.1 Å². The monoisotopic (exact) mass is 396 g/mol. The Labute approximate surface area is 169 Å². The zero-order valence-corrected chi connectivity index (χ0v) is 16.6. The van der Waals surface area contributed by atoms with Crippen LogP contribution in [0.3, 0.4) is 0 Å². The minimum Gasteiger partial charge on any atom is -0.497 e. The van der Waals surface area contributed by atoms with Gasteiger partial charge in [-0.05, 0) is 23.8 Å². The maximum atomic E-state index is 12.7. The van der Waals surface area contributed by atoms with Crippen LogP contribution in [-0.2, 0) is 11.3 Å². The number of methoxy groups -OCH3 is 1. The van der Waals surface area contributed by atoms with Gasteiger partial charge in [-0.3, -0.25) is 19.4 Å². The molecule has 0 aliphatic carbocycles. The van der Waals surface area contributed by atoms with Gasteiger partial charge in [0.2, 0.25) is 5.91 Å². The minimum absolute atomic E-state index is 0.00861. The molecule has 1 N–H and O–H groups in total. The summed E-state index contributed by atoms with van der Waals surface area (Å²) in [6.45, 7) is 3.83. The number of pyridine rings is 1. The molecule has 1 aromatic heterocycles. The summed E-state index contributed by atoms with van der Waals surface area (Å²) in [5.74, 6) is 0.267. The van der Waals surface area contributed by atoms with Crippen LogP contribution in [0.15, 0.2) is 42.7 Å². The van der Waals surface area contributed by atoms with Crippen molar-refractivity contribution in [1.29, 1.82) is 0 Å². The van der Waals surface area contributed by atoms with Crippen LogP contribution in [0.4, 0.5) is 0 Å². The van der Waals surface area contributed by atoms with Crippen LogP contribution in [0.5, 0.6) is 5.75 Å². The summed E-state index contributed by atoms with van der Waals surface area (Å²) in [6.07, 6.45) is 2.90. The van der Waals surface area contributed by atoms with Crippen LogP contribution in [0.25, 0.3) is 0 Å². The Bertz CT molecular complexity index is 890. The smallest absolute Gasteiger partial charge is 0.255 e. The van der Waals surface area contributed by atoms with Crippen molar-refractivity contribution in [3.05, 3.63) is 59.4 Å². The number of hydrogen-bond acceptors (Lipinski definition) is 5. The van der Waals surface area contributed by atoms with E-state index in [2.05, 4.69) is 10.3 Å². The number of piperazine rings is 1. The molecule has 8 nitrogen and oxygen atoms in total. The number of amides is 3. The van der Waals surface area contributed by atoms with Crippen molar-refractivity contribution in [3.8, 4) is 5.75 Å². The highest BCUT2D eigenvalue weighted by Crippen LogP contribution is 2.12. The predicted octanol–water partition coefficient (Wildman–Crippen LogP) is 1.32. The molecule has 2 heterocycles. The fourth-order valence-corrected chi connectivity index (χ4v) is 3.12. The van der Waals surface area contributed by atoms with Crippen LogP contribution >= 0.6 is 0 Å². The first-order valence-electron chi connectivity index (χ1n) is 9.39. The SMILES string of the molecule is COc1ccc(CNC(=O)c2cncc(C(=O)N3CCN(C(C)=O)CC3)c2)cc1. The number of ether oxygens (including phenoxy) is 1. The molecule has 3 amide bonds. The lowest BCUT2D eigenvalue weighted by molar-refractivity contribution is -0.130. The second-order valence-corrected chi connectivity index (χ2v) is 6.79. The van der Waals surface area contributed by atoms with Gasteiger partial charge in [-0.25, -0.2) is 0 Å². The summed E-state index contributed by atoms with van der Waals surface area (Å²) in [7, 11) is 1.60. The van der Waals surface area contributed by atoms with Crippen molar-refractivity contribution in [2.45, 2.75) is 13.5 Å². The molecule has 1 fully saturated rings. The Morgan fingerprint density at radius 1 is 1.00 bits per heavy atom. The van der Waals surface area contributed by atoms with Gasteiger partial charge in [0.05, 0.1) is 18.2 Å². The summed E-state index contributed by atoms with van der Waals surface area (Å²) >= 11 is 0. The number of carbonyl (C=O) groups is 3. The van der Waals surface area contributed by atoms with E-state index in [0.717, 1.165) is 11.3 Å². The van der Waals surface area contributed by atoms with Crippen LogP contribution in [-0.4, -0.2) is 65.8 Å². The molecule has 152 valence electrons. The third-order valence-electron chi connectivity index (χ3n) is 4.87. The topological polar surface area (TPSA) is 91.8 Å². The van der Waals surface area contributed by atoms with Crippen molar-refractivity contribution in [3.63, 3.8) is 0 Å². The molecule has 0 radical (unpaired) electrons. The number of aromatic nitrogens is 1. The fourth-order valence-electron chi connectivity index (χ4n) is 3.12. The zero-order valence-electron chi connectivity index (χ0n) is 16.6. The molecule has 0 atom stereocenters. The maximum Gasteiger partial charge on any atom is 0.255 e. The third kappa shape index (κ3) is 5.10. The van der Waals surface area contributed by atoms with Gasteiger partial charge in [-0.1, -0.05) is 12.1 Å². The van der Waals surface area contributed by atoms with E-state index in [1.807, 2.05) is 24.3 Å². The molecule has 3 rings (SSSR count). The number of nitrogens with zero attached hydrogens (tertiary/aromatic N) is 3. The highest BCUT2D eigenvalue weighted by Gasteiger charge is 2.24. The van der Waals surface area contributed by atoms with Crippen molar-refractivity contribution in [2.24, 2.45) is 0 Å². The summed E-state index contributed by atoms with van der Waals surface area (Å²) in [5, 5.41) is 2.83. The van der Waals surface area contributed by atoms with Gasteiger partial charge in [-0.15, -0.1) is 0 Å². The lowest BCUT2D eigenvalue weighted by Crippen LogP contribution is -2.50. The van der Waals surface area contributed by atoms with E-state index in [1.165, 1.54) is 19.3 Å². The average Bonchev–Trinajstić information content (AvgIpc) is 2.77. The molecular formula is C21H24N4O4. The summed E-state index contributed by atoms with van der Waals surface area (Å²) < 4.78 is 5.12. The fraction of sp³-hybridized carbons (Fsp3) is 0.333. The van der Waals surface area contributed by atoms with Crippen molar-refractivity contribution in [1.82, 2.24) is 20.1 Å². The van der Waals surface area contributed by atoms with Crippen LogP contribution in [0.2, 0.25) is 0 Å². The van der Waals surface area contributed by atoms with E-state index in [9.17, 15) is 14.4 Å². The molecule has 0 saturated carbocycles. The Kier molecular flexibility index (Phi) is 6.43. The number of benzene rings is 1. The lowest BCUT2D eigenvalue weighted by atomic mass is 10.1. The maximum absolute atomic E-state index is 12.7. The standard InChI is InChI=1S/C21H24N4O4/c1-15(26)24-7-9-25(10-8-24)21(28)18-11-17(13-22-14-18)20(27)23-12-16-3-5-19(29-2)6-4-16/h3-6,11,13-14H,7-10,12H2,1-2H3,(H,23,27). The summed E-state index contributed by atoms with van der Waals surface area (Å²) in [4.78, 5) is 44.1. The number of nitrogens with one attached hydrogen (secondary N) is 1. The summed E-state index contributed by atoms with van der Waals surface area (Å²) in [6, 6.07) is 8.95. The first kappa shape index (κ1) is 20.3. The van der Waals surface area contributed by atoms with E-state index in [-0.39, 0.29) is 17.7 Å². The predicted molar refractivity (Wildman–Crippen MR) is 107 cm³/mol. The zero-order chi connectivity index (χ0) is 20.8. The Hall–Kier alpha value is -3.42. The largest absolute Gasteiger partial charge is 0.497 e. The van der Waals surface area contributed by atoms with Gasteiger partial charge < -0.3 is 19.9 Å². The Balaban J connectivity index is 1.60. The van der Waals surface area contributed by atoms with E-state index < -0.39 is 0 Å². The summed E-state index contributed by atoms with van der Waals surface area (Å²) in [5.41, 5.74) is 1.62. The van der Waals surface area contributed by atoms with Gasteiger partial charge in [0.15, 0.2) is 0 Å². The third-order valence-corrected chi connectivity index (χ3v) is 4.87.